The summed E-state index contributed by atoms with van der Waals surface area (Å²) in [5.41, 5.74) is 4.95. The molecule has 0 aliphatic carbocycles. The Hall–Kier alpha value is -2.14. The maximum absolute atomic E-state index is 5.46. The molecule has 2 aromatic rings. The monoisotopic (exact) mass is 285 g/mol. The molecule has 21 heavy (non-hydrogen) atoms. The van der Waals surface area contributed by atoms with E-state index in [1.807, 2.05) is 0 Å². The molecule has 5 heteroatoms. The van der Waals surface area contributed by atoms with Gasteiger partial charge in [0.2, 0.25) is 0 Å². The fourth-order valence-corrected chi connectivity index (χ4v) is 2.16. The number of aryl methyl sites for hydroxylation is 2. The number of aromatic nitrogens is 2. The number of nitrogens with two attached hydrogens (primary N) is 1. The van der Waals surface area contributed by atoms with Gasteiger partial charge in [0.05, 0.1) is 0 Å². The first-order valence-electron chi connectivity index (χ1n) is 7.45. The van der Waals surface area contributed by atoms with Gasteiger partial charge in [0.15, 0.2) is 0 Å². The zero-order chi connectivity index (χ0) is 15.1. The predicted octanol–water partition coefficient (Wildman–Crippen LogP) is 3.41. The van der Waals surface area contributed by atoms with Crippen LogP contribution in [0.15, 0.2) is 30.3 Å². The van der Waals surface area contributed by atoms with Crippen LogP contribution < -0.4 is 16.6 Å². The average molecular weight is 285 g/mol. The van der Waals surface area contributed by atoms with Crippen molar-refractivity contribution in [1.82, 2.24) is 9.97 Å². The third-order valence-electron chi connectivity index (χ3n) is 3.16. The molecule has 1 aromatic heterocycles. The number of hydrogen-bond acceptors (Lipinski definition) is 5. The molecule has 2 rings (SSSR count). The highest BCUT2D eigenvalue weighted by Gasteiger charge is 2.04. The summed E-state index contributed by atoms with van der Waals surface area (Å²) >= 11 is 0. The minimum absolute atomic E-state index is 0.624. The fourth-order valence-electron chi connectivity index (χ4n) is 2.16. The first-order valence-corrected chi connectivity index (χ1v) is 7.45. The quantitative estimate of drug-likeness (QED) is 0.537. The smallest absolute Gasteiger partial charge is 0.145 e. The Morgan fingerprint density at radius 3 is 2.24 bits per heavy atom. The second-order valence-corrected chi connectivity index (χ2v) is 5.02. The summed E-state index contributed by atoms with van der Waals surface area (Å²) in [6, 6.07) is 10.2. The number of nitrogens with zero attached hydrogens (tertiary/aromatic N) is 2. The zero-order valence-corrected chi connectivity index (χ0v) is 12.7. The van der Waals surface area contributed by atoms with Crippen molar-refractivity contribution in [2.75, 3.05) is 10.7 Å². The lowest BCUT2D eigenvalue weighted by Gasteiger charge is -2.10. The van der Waals surface area contributed by atoms with Crippen LogP contribution in [0.3, 0.4) is 0 Å². The third kappa shape index (κ3) is 4.43. The molecule has 4 N–H and O–H groups in total. The molecule has 5 nitrogen and oxygen atoms in total. The van der Waals surface area contributed by atoms with Gasteiger partial charge < -0.3 is 10.7 Å². The van der Waals surface area contributed by atoms with Gasteiger partial charge in [-0.2, -0.15) is 0 Å². The van der Waals surface area contributed by atoms with Crippen LogP contribution in [0.4, 0.5) is 17.3 Å². The molecule has 0 saturated heterocycles. The van der Waals surface area contributed by atoms with Gasteiger partial charge in [-0.15, -0.1) is 0 Å². The van der Waals surface area contributed by atoms with E-state index in [4.69, 9.17) is 5.84 Å². The number of nitrogen functional groups attached to an aromatic ring is 1. The van der Waals surface area contributed by atoms with Gasteiger partial charge in [0.1, 0.15) is 17.5 Å². The Kier molecular flexibility index (Phi) is 5.51. The molecule has 0 atom stereocenters. The van der Waals surface area contributed by atoms with Gasteiger partial charge in [0, 0.05) is 18.2 Å². The van der Waals surface area contributed by atoms with E-state index < -0.39 is 0 Å². The molecule has 112 valence electrons. The lowest BCUT2D eigenvalue weighted by molar-refractivity contribution is 0.837. The van der Waals surface area contributed by atoms with Crippen molar-refractivity contribution in [2.24, 2.45) is 5.84 Å². The van der Waals surface area contributed by atoms with Crippen molar-refractivity contribution in [1.29, 1.82) is 0 Å². The van der Waals surface area contributed by atoms with E-state index in [2.05, 4.69) is 58.8 Å². The van der Waals surface area contributed by atoms with Crippen molar-refractivity contribution >= 4 is 17.3 Å². The van der Waals surface area contributed by atoms with E-state index in [0.717, 1.165) is 43.0 Å². The van der Waals surface area contributed by atoms with Crippen molar-refractivity contribution < 1.29 is 0 Å². The second kappa shape index (κ2) is 7.59. The molecule has 0 unspecified atom stereocenters. The lowest BCUT2D eigenvalue weighted by atomic mass is 10.1. The Morgan fingerprint density at radius 2 is 1.62 bits per heavy atom. The maximum atomic E-state index is 5.46. The van der Waals surface area contributed by atoms with Crippen LogP contribution in [-0.4, -0.2) is 9.97 Å². The van der Waals surface area contributed by atoms with Crippen LogP contribution in [0.1, 0.15) is 38.1 Å². The highest BCUT2D eigenvalue weighted by atomic mass is 15.3. The van der Waals surface area contributed by atoms with E-state index in [-0.39, 0.29) is 0 Å². The minimum atomic E-state index is 0.624. The van der Waals surface area contributed by atoms with Crippen LogP contribution in [0, 0.1) is 0 Å². The van der Waals surface area contributed by atoms with E-state index in [0.29, 0.717) is 5.82 Å². The molecule has 0 aliphatic rings. The van der Waals surface area contributed by atoms with Crippen molar-refractivity contribution in [3.05, 3.63) is 41.7 Å². The van der Waals surface area contributed by atoms with E-state index in [1.54, 1.807) is 6.07 Å². The average Bonchev–Trinajstić information content (AvgIpc) is 2.49. The highest BCUT2D eigenvalue weighted by Crippen LogP contribution is 2.18. The molecule has 0 amide bonds. The summed E-state index contributed by atoms with van der Waals surface area (Å²) in [5, 5.41) is 3.30. The number of hydrogen-bond donors (Lipinski definition) is 3. The van der Waals surface area contributed by atoms with Crippen LogP contribution in [0.5, 0.6) is 0 Å². The van der Waals surface area contributed by atoms with Gasteiger partial charge in [-0.25, -0.2) is 15.8 Å². The van der Waals surface area contributed by atoms with Crippen molar-refractivity contribution in [2.45, 2.75) is 39.5 Å². The fraction of sp³-hybridized carbons (Fsp3) is 0.375. The number of anilines is 3. The first kappa shape index (κ1) is 15.3. The topological polar surface area (TPSA) is 75.9 Å². The van der Waals surface area contributed by atoms with Crippen LogP contribution in [-0.2, 0) is 12.8 Å². The van der Waals surface area contributed by atoms with Gasteiger partial charge >= 0.3 is 0 Å². The molecular weight excluding hydrogens is 262 g/mol. The summed E-state index contributed by atoms with van der Waals surface area (Å²) in [6.45, 7) is 4.29. The third-order valence-corrected chi connectivity index (χ3v) is 3.16. The van der Waals surface area contributed by atoms with Gasteiger partial charge in [0.25, 0.3) is 0 Å². The van der Waals surface area contributed by atoms with Crippen molar-refractivity contribution in [3.8, 4) is 0 Å². The van der Waals surface area contributed by atoms with E-state index in [9.17, 15) is 0 Å². The molecule has 0 aliphatic heterocycles. The molecule has 0 radical (unpaired) electrons. The Bertz CT molecular complexity index is 565. The highest BCUT2D eigenvalue weighted by molar-refractivity contribution is 5.59. The molecule has 0 bridgehead atoms. The minimum Gasteiger partial charge on any atom is -0.340 e. The summed E-state index contributed by atoms with van der Waals surface area (Å²) in [7, 11) is 0. The molecule has 1 heterocycles. The number of nitrogens with one attached hydrogen (secondary N) is 2. The van der Waals surface area contributed by atoms with E-state index >= 15 is 0 Å². The van der Waals surface area contributed by atoms with E-state index in [1.165, 1.54) is 5.56 Å². The Morgan fingerprint density at radius 1 is 0.952 bits per heavy atom. The molecule has 1 aromatic carbocycles. The standard InChI is InChI=1S/C16H23N5/c1-3-5-12-7-9-13(10-8-12)18-15-11-16(21-17)20-14(19-15)6-4-2/h7-11H,3-6,17H2,1-2H3,(H2,18,19,20,21). The van der Waals surface area contributed by atoms with Gasteiger partial charge in [-0.3, -0.25) is 0 Å². The Labute approximate surface area is 126 Å². The van der Waals surface area contributed by atoms with Crippen molar-refractivity contribution in [3.63, 3.8) is 0 Å². The van der Waals surface area contributed by atoms with Gasteiger partial charge in [-0.1, -0.05) is 32.4 Å². The number of rotatable bonds is 7. The van der Waals surface area contributed by atoms with Gasteiger partial charge in [-0.05, 0) is 30.5 Å². The summed E-state index contributed by atoms with van der Waals surface area (Å²) in [4.78, 5) is 8.84. The molecular formula is C16H23N5. The molecule has 0 saturated carbocycles. The Balaban J connectivity index is 2.15. The number of benzene rings is 1. The zero-order valence-electron chi connectivity index (χ0n) is 12.7. The van der Waals surface area contributed by atoms with Crippen LogP contribution >= 0.6 is 0 Å². The van der Waals surface area contributed by atoms with Crippen LogP contribution in [0.25, 0.3) is 0 Å². The maximum Gasteiger partial charge on any atom is 0.145 e. The number of hydrazine groups is 1. The molecule has 0 fully saturated rings. The molecule has 0 spiro atoms. The summed E-state index contributed by atoms with van der Waals surface area (Å²) in [6.07, 6.45) is 4.10. The van der Waals surface area contributed by atoms with Crippen LogP contribution in [0.2, 0.25) is 0 Å². The largest absolute Gasteiger partial charge is 0.340 e. The predicted molar refractivity (Wildman–Crippen MR) is 87.6 cm³/mol. The first-order chi connectivity index (χ1) is 10.2. The summed E-state index contributed by atoms with van der Waals surface area (Å²) in [5.74, 6) is 7.63. The summed E-state index contributed by atoms with van der Waals surface area (Å²) < 4.78 is 0. The SMILES string of the molecule is CCCc1ccc(Nc2cc(NN)nc(CCC)n2)cc1. The lowest BCUT2D eigenvalue weighted by Crippen LogP contribution is -2.11. The normalized spacial score (nSPS) is 10.4. The second-order valence-electron chi connectivity index (χ2n) is 5.02.